The first-order valence-electron chi connectivity index (χ1n) is 7.63. The van der Waals surface area contributed by atoms with E-state index in [9.17, 15) is 14.4 Å². The van der Waals surface area contributed by atoms with E-state index in [0.29, 0.717) is 19.3 Å². The number of rotatable bonds is 5. The monoisotopic (exact) mass is 315 g/mol. The highest BCUT2D eigenvalue weighted by atomic mass is 16.5. The van der Waals surface area contributed by atoms with Gasteiger partial charge in [-0.2, -0.15) is 0 Å². The molecule has 1 aromatic carbocycles. The van der Waals surface area contributed by atoms with Gasteiger partial charge in [-0.25, -0.2) is 4.79 Å². The molecule has 1 aliphatic rings. The molecule has 0 heterocycles. The van der Waals surface area contributed by atoms with Gasteiger partial charge in [0.15, 0.2) is 0 Å². The number of carbonyl (C=O) groups excluding carboxylic acids is 3. The first-order chi connectivity index (χ1) is 11.0. The number of alkyl carbamates (subject to hydrolysis) is 1. The van der Waals surface area contributed by atoms with Crippen LogP contribution in [0.15, 0.2) is 36.4 Å². The minimum atomic E-state index is -1.19. The van der Waals surface area contributed by atoms with Crippen LogP contribution in [-0.4, -0.2) is 30.8 Å². The van der Waals surface area contributed by atoms with Gasteiger partial charge in [0, 0.05) is 6.42 Å². The smallest absolute Gasteiger partial charge is 0.407 e. The molecule has 5 heteroatoms. The molecule has 0 aromatic heterocycles. The summed E-state index contributed by atoms with van der Waals surface area (Å²) in [4.78, 5) is 36.3. The lowest BCUT2D eigenvalue weighted by atomic mass is 9.74. The third-order valence-corrected chi connectivity index (χ3v) is 4.37. The summed E-state index contributed by atoms with van der Waals surface area (Å²) in [6.07, 6.45) is 4.30. The number of nitrogens with one attached hydrogen (secondary N) is 1. The highest BCUT2D eigenvalue weighted by Crippen LogP contribution is 2.39. The molecule has 0 saturated heterocycles. The molecule has 0 aliphatic heterocycles. The van der Waals surface area contributed by atoms with Gasteiger partial charge in [0.25, 0.3) is 0 Å². The molecule has 1 N–H and O–H groups in total. The summed E-state index contributed by atoms with van der Waals surface area (Å²) in [6.45, 7) is 1.41. The van der Waals surface area contributed by atoms with Crippen LogP contribution < -0.4 is 5.32 Å². The molecule has 122 valence electrons. The quantitative estimate of drug-likeness (QED) is 0.848. The van der Waals surface area contributed by atoms with Crippen molar-refractivity contribution in [1.29, 1.82) is 0 Å². The lowest BCUT2D eigenvalue weighted by Gasteiger charge is -2.32. The van der Waals surface area contributed by atoms with E-state index >= 15 is 0 Å². The van der Waals surface area contributed by atoms with Crippen molar-refractivity contribution in [3.05, 3.63) is 42.0 Å². The van der Waals surface area contributed by atoms with Crippen LogP contribution in [-0.2, 0) is 14.3 Å². The van der Waals surface area contributed by atoms with Crippen LogP contribution in [0.1, 0.15) is 31.7 Å². The maximum absolute atomic E-state index is 12.4. The number of methoxy groups -OCH3 is 1. The Morgan fingerprint density at radius 1 is 1.30 bits per heavy atom. The predicted octanol–water partition coefficient (Wildman–Crippen LogP) is 2.75. The molecule has 2 rings (SSSR count). The van der Waals surface area contributed by atoms with Gasteiger partial charge in [-0.3, -0.25) is 9.59 Å². The lowest BCUT2D eigenvalue weighted by Crippen LogP contribution is -2.52. The Morgan fingerprint density at radius 2 is 2.00 bits per heavy atom. The standard InChI is InChI=1S/C18H21NO4/c1-13(20)18(12-6-9-16(18)21)15(19-17(22)23-2)11-10-14-7-4-3-5-8-14/h3-5,7-8,10-11,15H,6,9,12H2,1-2H3,(H,19,22)/t15-,18+/m0/s1. The Hall–Kier alpha value is -2.43. The normalized spacial score (nSPS) is 22.1. The van der Waals surface area contributed by atoms with Crippen LogP contribution in [0, 0.1) is 5.41 Å². The van der Waals surface area contributed by atoms with Crippen LogP contribution in [0.4, 0.5) is 4.79 Å². The van der Waals surface area contributed by atoms with E-state index in [1.165, 1.54) is 14.0 Å². The first kappa shape index (κ1) is 16.9. The number of Topliss-reactive ketones (excluding diaryl/α,β-unsaturated/α-hetero) is 2. The van der Waals surface area contributed by atoms with Crippen molar-refractivity contribution in [2.24, 2.45) is 5.41 Å². The van der Waals surface area contributed by atoms with Crippen molar-refractivity contribution >= 4 is 23.7 Å². The van der Waals surface area contributed by atoms with Crippen LogP contribution in [0.5, 0.6) is 0 Å². The van der Waals surface area contributed by atoms with Gasteiger partial charge >= 0.3 is 6.09 Å². The number of ketones is 2. The molecule has 2 atom stereocenters. The Kier molecular flexibility index (Phi) is 5.32. The van der Waals surface area contributed by atoms with E-state index < -0.39 is 17.6 Å². The minimum Gasteiger partial charge on any atom is -0.453 e. The second kappa shape index (κ2) is 7.22. The van der Waals surface area contributed by atoms with Crippen LogP contribution in [0.2, 0.25) is 0 Å². The average molecular weight is 315 g/mol. The summed E-state index contributed by atoms with van der Waals surface area (Å²) in [5.41, 5.74) is -0.271. The molecule has 0 radical (unpaired) electrons. The largest absolute Gasteiger partial charge is 0.453 e. The summed E-state index contributed by atoms with van der Waals surface area (Å²) >= 11 is 0. The SMILES string of the molecule is COC(=O)N[C@@H](C=Cc1ccccc1)[C@]1(C(C)=O)CCCC1=O. The molecule has 0 spiro atoms. The van der Waals surface area contributed by atoms with Crippen molar-refractivity contribution < 1.29 is 19.1 Å². The fourth-order valence-electron chi connectivity index (χ4n) is 3.10. The Balaban J connectivity index is 2.36. The topological polar surface area (TPSA) is 72.5 Å². The van der Waals surface area contributed by atoms with Gasteiger partial charge in [-0.1, -0.05) is 42.5 Å². The number of hydrogen-bond donors (Lipinski definition) is 1. The summed E-state index contributed by atoms with van der Waals surface area (Å²) in [6, 6.07) is 8.78. The Bertz CT molecular complexity index is 623. The van der Waals surface area contributed by atoms with Gasteiger partial charge in [0.05, 0.1) is 13.2 Å². The van der Waals surface area contributed by atoms with Crippen LogP contribution in [0.25, 0.3) is 6.08 Å². The van der Waals surface area contributed by atoms with Gasteiger partial charge in [-0.15, -0.1) is 0 Å². The van der Waals surface area contributed by atoms with Crippen molar-refractivity contribution in [2.45, 2.75) is 32.2 Å². The number of ether oxygens (including phenoxy) is 1. The number of carbonyl (C=O) groups is 3. The van der Waals surface area contributed by atoms with Crippen molar-refractivity contribution in [3.8, 4) is 0 Å². The summed E-state index contributed by atoms with van der Waals surface area (Å²) in [7, 11) is 1.25. The Morgan fingerprint density at radius 3 is 2.52 bits per heavy atom. The van der Waals surface area contributed by atoms with Crippen LogP contribution >= 0.6 is 0 Å². The summed E-state index contributed by atoms with van der Waals surface area (Å²) in [5, 5.41) is 2.64. The highest BCUT2D eigenvalue weighted by molar-refractivity contribution is 6.08. The molecular formula is C18H21NO4. The fraction of sp³-hybridized carbons (Fsp3) is 0.389. The average Bonchev–Trinajstić information content (AvgIpc) is 2.94. The zero-order chi connectivity index (χ0) is 16.9. The van der Waals surface area contributed by atoms with E-state index in [2.05, 4.69) is 10.1 Å². The van der Waals surface area contributed by atoms with E-state index in [1.807, 2.05) is 30.3 Å². The molecule has 23 heavy (non-hydrogen) atoms. The molecule has 0 bridgehead atoms. The maximum Gasteiger partial charge on any atom is 0.407 e. The zero-order valence-electron chi connectivity index (χ0n) is 13.4. The van der Waals surface area contributed by atoms with Gasteiger partial charge in [0.1, 0.15) is 17.0 Å². The second-order valence-corrected chi connectivity index (χ2v) is 5.69. The molecule has 1 aromatic rings. The third-order valence-electron chi connectivity index (χ3n) is 4.37. The first-order valence-corrected chi connectivity index (χ1v) is 7.63. The van der Waals surface area contributed by atoms with Gasteiger partial charge in [0.2, 0.25) is 0 Å². The Labute approximate surface area is 135 Å². The predicted molar refractivity (Wildman–Crippen MR) is 86.8 cm³/mol. The van der Waals surface area contributed by atoms with Gasteiger partial charge < -0.3 is 10.1 Å². The second-order valence-electron chi connectivity index (χ2n) is 5.69. The van der Waals surface area contributed by atoms with Crippen molar-refractivity contribution in [3.63, 3.8) is 0 Å². The number of hydrogen-bond acceptors (Lipinski definition) is 4. The van der Waals surface area contributed by atoms with E-state index in [4.69, 9.17) is 0 Å². The van der Waals surface area contributed by atoms with E-state index in [0.717, 1.165) is 5.56 Å². The van der Waals surface area contributed by atoms with Crippen molar-refractivity contribution in [1.82, 2.24) is 5.32 Å². The third kappa shape index (κ3) is 3.50. The summed E-state index contributed by atoms with van der Waals surface area (Å²) in [5.74, 6) is -0.344. The molecular weight excluding hydrogens is 294 g/mol. The maximum atomic E-state index is 12.4. The molecule has 5 nitrogen and oxygen atoms in total. The molecule has 1 saturated carbocycles. The molecule has 1 amide bonds. The fourth-order valence-corrected chi connectivity index (χ4v) is 3.10. The van der Waals surface area contributed by atoms with Gasteiger partial charge in [-0.05, 0) is 25.3 Å². The molecule has 1 aliphatic carbocycles. The lowest BCUT2D eigenvalue weighted by molar-refractivity contribution is -0.138. The number of amides is 1. The zero-order valence-corrected chi connectivity index (χ0v) is 13.4. The van der Waals surface area contributed by atoms with E-state index in [-0.39, 0.29) is 11.6 Å². The minimum absolute atomic E-state index is 0.121. The highest BCUT2D eigenvalue weighted by Gasteiger charge is 2.51. The number of benzene rings is 1. The van der Waals surface area contributed by atoms with E-state index in [1.54, 1.807) is 12.2 Å². The molecule has 0 unspecified atom stereocenters. The van der Waals surface area contributed by atoms with Crippen molar-refractivity contribution in [2.75, 3.05) is 7.11 Å². The molecule has 1 fully saturated rings. The summed E-state index contributed by atoms with van der Waals surface area (Å²) < 4.78 is 4.65. The van der Waals surface area contributed by atoms with Crippen LogP contribution in [0.3, 0.4) is 0 Å².